The van der Waals surface area contributed by atoms with Crippen LogP contribution in [0, 0.1) is 5.92 Å². The van der Waals surface area contributed by atoms with Crippen molar-refractivity contribution in [1.29, 1.82) is 0 Å². The van der Waals surface area contributed by atoms with E-state index >= 15 is 0 Å². The Kier molecular flexibility index (Phi) is 6.25. The third kappa shape index (κ3) is 4.73. The molecular formula is C19H35NO3S. The Bertz CT molecular complexity index is 507. The Hall–Kier alpha value is -0.130. The smallest absolute Gasteiger partial charge is 0.153 e. The van der Waals surface area contributed by atoms with Crippen LogP contribution >= 0.6 is 0 Å². The van der Waals surface area contributed by atoms with E-state index in [2.05, 4.69) is 12.2 Å². The number of ether oxygens (including phenoxy) is 1. The number of hydrogen-bond acceptors (Lipinski definition) is 4. The molecule has 140 valence electrons. The molecular weight excluding hydrogens is 322 g/mol. The highest BCUT2D eigenvalue weighted by Gasteiger charge is 2.47. The van der Waals surface area contributed by atoms with Crippen molar-refractivity contribution >= 4 is 9.84 Å². The Morgan fingerprint density at radius 2 is 2.04 bits per heavy atom. The zero-order chi connectivity index (χ0) is 17.0. The molecule has 5 heteroatoms. The molecule has 3 aliphatic rings. The summed E-state index contributed by atoms with van der Waals surface area (Å²) < 4.78 is 29.7. The summed E-state index contributed by atoms with van der Waals surface area (Å²) in [6, 6.07) is 1.08. The van der Waals surface area contributed by atoms with Gasteiger partial charge >= 0.3 is 0 Å². The molecule has 4 nitrogen and oxygen atoms in total. The van der Waals surface area contributed by atoms with Gasteiger partial charge in [0.1, 0.15) is 0 Å². The molecule has 0 aromatic rings. The number of unbranched alkanes of at least 4 members (excludes halogenated alkanes) is 3. The van der Waals surface area contributed by atoms with Gasteiger partial charge in [0.25, 0.3) is 0 Å². The fourth-order valence-electron chi connectivity index (χ4n) is 5.07. The second-order valence-electron chi connectivity index (χ2n) is 8.38. The largest absolute Gasteiger partial charge is 0.374 e. The summed E-state index contributed by atoms with van der Waals surface area (Å²) in [6.45, 7) is 2.98. The molecule has 0 amide bonds. The monoisotopic (exact) mass is 357 g/mol. The Morgan fingerprint density at radius 1 is 1.17 bits per heavy atom. The molecule has 0 aromatic carbocycles. The van der Waals surface area contributed by atoms with E-state index in [0.717, 1.165) is 18.8 Å². The minimum Gasteiger partial charge on any atom is -0.374 e. The second kappa shape index (κ2) is 8.05. The van der Waals surface area contributed by atoms with Gasteiger partial charge in [0, 0.05) is 18.7 Å². The molecule has 4 atom stereocenters. The second-order valence-corrected chi connectivity index (χ2v) is 10.6. The van der Waals surface area contributed by atoms with Crippen molar-refractivity contribution in [3.8, 4) is 0 Å². The van der Waals surface area contributed by atoms with E-state index in [-0.39, 0.29) is 11.4 Å². The molecule has 2 heterocycles. The number of hydrogen-bond donors (Lipinski definition) is 1. The molecule has 0 bridgehead atoms. The summed E-state index contributed by atoms with van der Waals surface area (Å²) in [5, 5.41) is 3.91. The molecule has 0 aromatic heterocycles. The van der Waals surface area contributed by atoms with Crippen molar-refractivity contribution in [3.05, 3.63) is 0 Å². The van der Waals surface area contributed by atoms with Crippen LogP contribution in [0.5, 0.6) is 0 Å². The normalized spacial score (nSPS) is 38.8. The molecule has 1 saturated carbocycles. The van der Waals surface area contributed by atoms with Crippen molar-refractivity contribution in [2.24, 2.45) is 5.92 Å². The molecule has 1 spiro atoms. The van der Waals surface area contributed by atoms with Crippen molar-refractivity contribution in [2.45, 2.75) is 95.2 Å². The first-order chi connectivity index (χ1) is 11.5. The van der Waals surface area contributed by atoms with Gasteiger partial charge < -0.3 is 10.1 Å². The maximum atomic E-state index is 11.9. The zero-order valence-electron chi connectivity index (χ0n) is 15.3. The summed E-state index contributed by atoms with van der Waals surface area (Å²) in [5.74, 6) is 1.37. The maximum absolute atomic E-state index is 11.9. The van der Waals surface area contributed by atoms with Crippen LogP contribution in [0.2, 0.25) is 0 Å². The van der Waals surface area contributed by atoms with Gasteiger partial charge in [-0.1, -0.05) is 39.0 Å². The van der Waals surface area contributed by atoms with E-state index in [9.17, 15) is 8.42 Å². The zero-order valence-corrected chi connectivity index (χ0v) is 16.1. The van der Waals surface area contributed by atoms with Gasteiger partial charge in [-0.05, 0) is 44.4 Å². The Morgan fingerprint density at radius 3 is 2.79 bits per heavy atom. The molecule has 24 heavy (non-hydrogen) atoms. The highest BCUT2D eigenvalue weighted by molar-refractivity contribution is 7.91. The lowest BCUT2D eigenvalue weighted by Crippen LogP contribution is -2.51. The van der Waals surface area contributed by atoms with E-state index in [1.165, 1.54) is 51.4 Å². The summed E-state index contributed by atoms with van der Waals surface area (Å²) in [4.78, 5) is 0. The number of rotatable bonds is 7. The van der Waals surface area contributed by atoms with Crippen LogP contribution in [0.4, 0.5) is 0 Å². The highest BCUT2D eigenvalue weighted by atomic mass is 32.2. The molecule has 0 unspecified atom stereocenters. The molecule has 3 fully saturated rings. The minimum atomic E-state index is -2.89. The molecule has 3 rings (SSSR count). The van der Waals surface area contributed by atoms with Gasteiger partial charge in [0.2, 0.25) is 0 Å². The van der Waals surface area contributed by atoms with Gasteiger partial charge in [-0.25, -0.2) is 8.42 Å². The molecule has 1 N–H and O–H groups in total. The molecule has 1 aliphatic carbocycles. The fourth-order valence-corrected chi connectivity index (χ4v) is 7.04. The minimum absolute atomic E-state index is 0.239. The third-order valence-corrected chi connectivity index (χ3v) is 8.17. The van der Waals surface area contributed by atoms with E-state index in [1.807, 2.05) is 0 Å². The van der Waals surface area contributed by atoms with Crippen molar-refractivity contribution in [3.63, 3.8) is 0 Å². The van der Waals surface area contributed by atoms with E-state index < -0.39 is 9.84 Å². The van der Waals surface area contributed by atoms with Gasteiger partial charge in [0.15, 0.2) is 9.84 Å². The predicted molar refractivity (Wildman–Crippen MR) is 98.0 cm³/mol. The first kappa shape index (κ1) is 18.7. The van der Waals surface area contributed by atoms with E-state index in [0.29, 0.717) is 30.9 Å². The van der Waals surface area contributed by atoms with Gasteiger partial charge in [-0.2, -0.15) is 0 Å². The molecule has 2 saturated heterocycles. The van der Waals surface area contributed by atoms with Crippen molar-refractivity contribution in [1.82, 2.24) is 5.32 Å². The van der Waals surface area contributed by atoms with Gasteiger partial charge in [-0.3, -0.25) is 0 Å². The van der Waals surface area contributed by atoms with Crippen LogP contribution < -0.4 is 5.32 Å². The van der Waals surface area contributed by atoms with Crippen LogP contribution in [-0.4, -0.2) is 44.2 Å². The summed E-state index contributed by atoms with van der Waals surface area (Å²) >= 11 is 0. The lowest BCUT2D eigenvalue weighted by Gasteiger charge is -2.39. The van der Waals surface area contributed by atoms with Crippen LogP contribution in [0.1, 0.15) is 77.6 Å². The third-order valence-electron chi connectivity index (χ3n) is 6.38. The average molecular weight is 358 g/mol. The maximum Gasteiger partial charge on any atom is 0.153 e. The average Bonchev–Trinajstić information content (AvgIpc) is 3.08. The topological polar surface area (TPSA) is 55.4 Å². The Labute approximate surface area is 148 Å². The van der Waals surface area contributed by atoms with Gasteiger partial charge in [0.05, 0.1) is 17.1 Å². The summed E-state index contributed by atoms with van der Waals surface area (Å²) in [6.07, 6.45) is 13.4. The standard InChI is InChI=1S/C19H35NO3S/c1-2-3-4-5-7-16-8-6-9-18(16)20-17-10-12-23-19(14-17)11-13-24(21,22)15-19/h16-18,20H,2-15H2,1H3/t16-,17-,18+,19-/m1/s1. The molecule has 2 aliphatic heterocycles. The number of sulfone groups is 1. The van der Waals surface area contributed by atoms with E-state index in [1.54, 1.807) is 0 Å². The summed E-state index contributed by atoms with van der Waals surface area (Å²) in [5.41, 5.74) is -0.385. The lowest BCUT2D eigenvalue weighted by atomic mass is 9.88. The SMILES string of the molecule is CCCCCC[C@@H]1CCC[C@@H]1N[C@@H]1CCO[C@]2(CCS(=O)(=O)C2)C1. The first-order valence-electron chi connectivity index (χ1n) is 10.1. The van der Waals surface area contributed by atoms with Crippen LogP contribution in [0.25, 0.3) is 0 Å². The van der Waals surface area contributed by atoms with Crippen molar-refractivity contribution in [2.75, 3.05) is 18.1 Å². The number of nitrogens with one attached hydrogen (secondary N) is 1. The Balaban J connectivity index is 1.49. The predicted octanol–water partition coefficient (Wildman–Crippen LogP) is 3.45. The lowest BCUT2D eigenvalue weighted by molar-refractivity contribution is -0.0721. The van der Waals surface area contributed by atoms with E-state index in [4.69, 9.17) is 4.74 Å². The first-order valence-corrected chi connectivity index (χ1v) is 11.9. The van der Waals surface area contributed by atoms with Crippen LogP contribution in [0.3, 0.4) is 0 Å². The van der Waals surface area contributed by atoms with Crippen molar-refractivity contribution < 1.29 is 13.2 Å². The van der Waals surface area contributed by atoms with Crippen LogP contribution in [0.15, 0.2) is 0 Å². The molecule has 0 radical (unpaired) electrons. The fraction of sp³-hybridized carbons (Fsp3) is 1.00. The summed E-state index contributed by atoms with van der Waals surface area (Å²) in [7, 11) is -2.89. The van der Waals surface area contributed by atoms with Crippen LogP contribution in [-0.2, 0) is 14.6 Å². The van der Waals surface area contributed by atoms with Gasteiger partial charge in [-0.15, -0.1) is 0 Å². The highest BCUT2D eigenvalue weighted by Crippen LogP contribution is 2.37. The quantitative estimate of drug-likeness (QED) is 0.709.